The third-order valence-corrected chi connectivity index (χ3v) is 12.5. The predicted molar refractivity (Wildman–Crippen MR) is 264 cm³/mol. The number of nitrogens with one attached hydrogen (secondary N) is 1. The van der Waals surface area contributed by atoms with Crippen molar-refractivity contribution in [3.8, 4) is 0 Å². The SMILES string of the molecule is CCCCC/C=C\C/C=C\CCCCCCCC(CC(=O)NC(CO)C(O)CCCCCCCCCCCCCCCCCCC)OC(=O)CCCCCCCCCCCC. The van der Waals surface area contributed by atoms with E-state index in [-0.39, 0.29) is 24.9 Å². The molecule has 0 saturated carbocycles. The highest BCUT2D eigenvalue weighted by Gasteiger charge is 2.24. The minimum Gasteiger partial charge on any atom is -0.462 e. The molecule has 3 atom stereocenters. The summed E-state index contributed by atoms with van der Waals surface area (Å²) in [7, 11) is 0. The highest BCUT2D eigenvalue weighted by Crippen LogP contribution is 2.18. The van der Waals surface area contributed by atoms with Crippen molar-refractivity contribution in [2.75, 3.05) is 6.61 Å². The second kappa shape index (κ2) is 49.4. The molecule has 0 spiro atoms. The number of aliphatic hydroxyl groups excluding tert-OH is 2. The quantitative estimate of drug-likeness (QED) is 0.0322. The summed E-state index contributed by atoms with van der Waals surface area (Å²) in [5, 5.41) is 23.8. The van der Waals surface area contributed by atoms with Crippen LogP contribution in [0.2, 0.25) is 0 Å². The molecule has 0 saturated heterocycles. The Morgan fingerprint density at radius 2 is 0.836 bits per heavy atom. The molecule has 0 radical (unpaired) electrons. The van der Waals surface area contributed by atoms with Gasteiger partial charge in [0.1, 0.15) is 6.10 Å². The van der Waals surface area contributed by atoms with E-state index in [1.807, 2.05) is 0 Å². The Hall–Kier alpha value is -1.66. The molecule has 6 nitrogen and oxygen atoms in total. The van der Waals surface area contributed by atoms with Crippen LogP contribution >= 0.6 is 0 Å². The molecule has 0 bridgehead atoms. The van der Waals surface area contributed by atoms with Crippen molar-refractivity contribution in [3.05, 3.63) is 24.3 Å². The van der Waals surface area contributed by atoms with Gasteiger partial charge in [0, 0.05) is 6.42 Å². The van der Waals surface area contributed by atoms with Crippen LogP contribution in [0.5, 0.6) is 0 Å². The molecule has 0 aromatic heterocycles. The number of amides is 1. The van der Waals surface area contributed by atoms with Crippen LogP contribution < -0.4 is 5.32 Å². The Balaban J connectivity index is 4.49. The molecule has 0 aliphatic carbocycles. The van der Waals surface area contributed by atoms with Crippen molar-refractivity contribution in [1.29, 1.82) is 0 Å². The minimum absolute atomic E-state index is 0.0734. The number of esters is 1. The molecule has 61 heavy (non-hydrogen) atoms. The molecule has 3 unspecified atom stereocenters. The van der Waals surface area contributed by atoms with Crippen LogP contribution in [0, 0.1) is 0 Å². The summed E-state index contributed by atoms with van der Waals surface area (Å²) in [6, 6.07) is -0.701. The van der Waals surface area contributed by atoms with E-state index in [1.165, 1.54) is 180 Å². The van der Waals surface area contributed by atoms with E-state index in [2.05, 4.69) is 50.4 Å². The van der Waals surface area contributed by atoms with E-state index >= 15 is 0 Å². The highest BCUT2D eigenvalue weighted by molar-refractivity contribution is 5.77. The van der Waals surface area contributed by atoms with Crippen LogP contribution in [-0.2, 0) is 14.3 Å². The molecule has 0 aromatic rings. The van der Waals surface area contributed by atoms with E-state index in [9.17, 15) is 19.8 Å². The van der Waals surface area contributed by atoms with Gasteiger partial charge < -0.3 is 20.3 Å². The van der Waals surface area contributed by atoms with Crippen LogP contribution in [0.1, 0.15) is 290 Å². The third kappa shape index (κ3) is 44.7. The molecule has 0 rings (SSSR count). The summed E-state index contributed by atoms with van der Waals surface area (Å²) in [4.78, 5) is 26.1. The summed E-state index contributed by atoms with van der Waals surface area (Å²) in [6.45, 7) is 6.47. The Labute approximate surface area is 380 Å². The molecule has 1 amide bonds. The maximum absolute atomic E-state index is 13.2. The van der Waals surface area contributed by atoms with Gasteiger partial charge in [0.2, 0.25) is 5.91 Å². The first-order valence-electron chi connectivity index (χ1n) is 27.1. The molecule has 0 aromatic carbocycles. The lowest BCUT2D eigenvalue weighted by Gasteiger charge is -2.24. The van der Waals surface area contributed by atoms with Crippen molar-refractivity contribution in [2.45, 2.75) is 309 Å². The average Bonchev–Trinajstić information content (AvgIpc) is 3.25. The fourth-order valence-corrected chi connectivity index (χ4v) is 8.40. The Kier molecular flexibility index (Phi) is 48.0. The zero-order valence-corrected chi connectivity index (χ0v) is 41.1. The van der Waals surface area contributed by atoms with Crippen LogP contribution in [0.4, 0.5) is 0 Å². The minimum atomic E-state index is -0.788. The first-order chi connectivity index (χ1) is 30.0. The van der Waals surface area contributed by atoms with Gasteiger partial charge in [-0.05, 0) is 57.8 Å². The summed E-state index contributed by atoms with van der Waals surface area (Å²) in [6.07, 6.45) is 56.7. The van der Waals surface area contributed by atoms with Gasteiger partial charge in [-0.15, -0.1) is 0 Å². The molecular weight excluding hydrogens is 755 g/mol. The topological polar surface area (TPSA) is 95.9 Å². The van der Waals surface area contributed by atoms with Crippen molar-refractivity contribution < 1.29 is 24.5 Å². The molecule has 0 aliphatic rings. The van der Waals surface area contributed by atoms with Gasteiger partial charge in [-0.2, -0.15) is 0 Å². The van der Waals surface area contributed by atoms with E-state index in [4.69, 9.17) is 4.74 Å². The normalized spacial score (nSPS) is 13.3. The highest BCUT2D eigenvalue weighted by atomic mass is 16.5. The summed E-state index contributed by atoms with van der Waals surface area (Å²) >= 11 is 0. The number of allylic oxidation sites excluding steroid dienone is 4. The molecule has 0 aliphatic heterocycles. The van der Waals surface area contributed by atoms with Gasteiger partial charge in [0.05, 0.1) is 25.2 Å². The van der Waals surface area contributed by atoms with Crippen LogP contribution in [0.15, 0.2) is 24.3 Å². The van der Waals surface area contributed by atoms with E-state index in [0.717, 1.165) is 64.2 Å². The molecule has 0 heterocycles. The molecule has 0 fully saturated rings. The van der Waals surface area contributed by atoms with Gasteiger partial charge in [-0.25, -0.2) is 0 Å². The Bertz CT molecular complexity index is 966. The van der Waals surface area contributed by atoms with E-state index in [0.29, 0.717) is 19.3 Å². The lowest BCUT2D eigenvalue weighted by atomic mass is 10.0. The van der Waals surface area contributed by atoms with E-state index in [1.54, 1.807) is 0 Å². The number of carbonyl (C=O) groups is 2. The van der Waals surface area contributed by atoms with E-state index < -0.39 is 18.2 Å². The van der Waals surface area contributed by atoms with Crippen LogP contribution in [0.3, 0.4) is 0 Å². The number of unbranched alkanes of at least 4 members (excludes halogenated alkanes) is 33. The Morgan fingerprint density at radius 3 is 1.28 bits per heavy atom. The monoisotopic (exact) mass is 860 g/mol. The van der Waals surface area contributed by atoms with Gasteiger partial charge in [-0.3, -0.25) is 9.59 Å². The number of rotatable bonds is 49. The molecular formula is C55H105NO5. The van der Waals surface area contributed by atoms with Crippen LogP contribution in [0.25, 0.3) is 0 Å². The maximum atomic E-state index is 13.2. The van der Waals surface area contributed by atoms with Crippen molar-refractivity contribution >= 4 is 11.9 Å². The molecule has 360 valence electrons. The number of ether oxygens (including phenoxy) is 1. The number of hydrogen-bond donors (Lipinski definition) is 3. The lowest BCUT2D eigenvalue weighted by molar-refractivity contribution is -0.151. The fraction of sp³-hybridized carbons (Fsp3) is 0.891. The summed E-state index contributed by atoms with van der Waals surface area (Å²) in [5.74, 6) is -0.475. The summed E-state index contributed by atoms with van der Waals surface area (Å²) in [5.41, 5.74) is 0. The maximum Gasteiger partial charge on any atom is 0.306 e. The predicted octanol–water partition coefficient (Wildman–Crippen LogP) is 16.3. The molecule has 3 N–H and O–H groups in total. The summed E-state index contributed by atoms with van der Waals surface area (Å²) < 4.78 is 5.93. The second-order valence-corrected chi connectivity index (χ2v) is 18.6. The molecule has 6 heteroatoms. The third-order valence-electron chi connectivity index (χ3n) is 12.5. The lowest BCUT2D eigenvalue weighted by Crippen LogP contribution is -2.46. The Morgan fingerprint density at radius 1 is 0.475 bits per heavy atom. The number of aliphatic hydroxyl groups is 2. The van der Waals surface area contributed by atoms with Crippen molar-refractivity contribution in [2.24, 2.45) is 0 Å². The van der Waals surface area contributed by atoms with Gasteiger partial charge in [-0.1, -0.05) is 244 Å². The van der Waals surface area contributed by atoms with Crippen LogP contribution in [-0.4, -0.2) is 46.9 Å². The van der Waals surface area contributed by atoms with Crippen molar-refractivity contribution in [1.82, 2.24) is 5.32 Å². The largest absolute Gasteiger partial charge is 0.462 e. The fourth-order valence-electron chi connectivity index (χ4n) is 8.40. The number of carbonyl (C=O) groups excluding carboxylic acids is 2. The standard InChI is InChI=1S/C55H105NO5/c1-4-7-10-13-16-19-22-24-26-27-29-31-33-35-38-41-44-47-53(58)52(50-57)56-54(59)49-51(61-55(60)48-45-42-39-36-21-18-15-12-9-6-3)46-43-40-37-34-32-30-28-25-23-20-17-14-11-8-5-2/h17,20,25,28,51-53,57-58H,4-16,18-19,21-24,26-27,29-50H2,1-3H3,(H,56,59)/b20-17-,28-25-. The second-order valence-electron chi connectivity index (χ2n) is 18.6. The van der Waals surface area contributed by atoms with Crippen molar-refractivity contribution in [3.63, 3.8) is 0 Å². The first kappa shape index (κ1) is 59.3. The zero-order chi connectivity index (χ0) is 44.5. The smallest absolute Gasteiger partial charge is 0.306 e. The number of hydrogen-bond acceptors (Lipinski definition) is 5. The first-order valence-corrected chi connectivity index (χ1v) is 27.1. The zero-order valence-electron chi connectivity index (χ0n) is 41.1. The average molecular weight is 860 g/mol. The van der Waals surface area contributed by atoms with Gasteiger partial charge >= 0.3 is 5.97 Å². The van der Waals surface area contributed by atoms with Gasteiger partial charge in [0.25, 0.3) is 0 Å². The van der Waals surface area contributed by atoms with Gasteiger partial charge in [0.15, 0.2) is 0 Å².